The molecule has 1 aromatic rings. The van der Waals surface area contributed by atoms with Gasteiger partial charge in [0.15, 0.2) is 0 Å². The van der Waals surface area contributed by atoms with Gasteiger partial charge in [0.1, 0.15) is 0 Å². The summed E-state index contributed by atoms with van der Waals surface area (Å²) in [5.41, 5.74) is 0.573. The van der Waals surface area contributed by atoms with Crippen LogP contribution in [-0.4, -0.2) is 27.7 Å². The summed E-state index contributed by atoms with van der Waals surface area (Å²) in [6.07, 6.45) is 1.61. The third-order valence-corrected chi connectivity index (χ3v) is 3.13. The summed E-state index contributed by atoms with van der Waals surface area (Å²) < 4.78 is 10.8. The minimum atomic E-state index is -0.864. The molecule has 7 heteroatoms. The summed E-state index contributed by atoms with van der Waals surface area (Å²) in [6.45, 7) is 0.890. The highest BCUT2D eigenvalue weighted by molar-refractivity contribution is 7.84. The average molecular weight is 277 g/mol. The van der Waals surface area contributed by atoms with Crippen molar-refractivity contribution in [2.45, 2.75) is 6.54 Å². The molecule has 0 saturated carbocycles. The Labute approximate surface area is 107 Å². The van der Waals surface area contributed by atoms with E-state index >= 15 is 0 Å². The Kier molecular flexibility index (Phi) is 5.54. The first kappa shape index (κ1) is 14.1. The summed E-state index contributed by atoms with van der Waals surface area (Å²) in [5.74, 6) is 0.522. The Bertz CT molecular complexity index is 440. The van der Waals surface area contributed by atoms with Gasteiger partial charge < -0.3 is 5.32 Å². The Morgan fingerprint density at radius 1 is 1.53 bits per heavy atom. The Balaban J connectivity index is 2.65. The zero-order valence-electron chi connectivity index (χ0n) is 9.31. The van der Waals surface area contributed by atoms with Crippen LogP contribution in [0.4, 0.5) is 5.69 Å². The van der Waals surface area contributed by atoms with Crippen LogP contribution in [0.2, 0.25) is 5.02 Å². The van der Waals surface area contributed by atoms with Crippen molar-refractivity contribution in [3.8, 4) is 0 Å². The van der Waals surface area contributed by atoms with E-state index in [1.165, 1.54) is 12.1 Å². The van der Waals surface area contributed by atoms with Gasteiger partial charge in [-0.2, -0.15) is 0 Å². The van der Waals surface area contributed by atoms with Crippen molar-refractivity contribution in [3.05, 3.63) is 38.9 Å². The maximum absolute atomic E-state index is 10.8. The monoisotopic (exact) mass is 276 g/mol. The lowest BCUT2D eigenvalue weighted by Crippen LogP contribution is -2.20. The fourth-order valence-electron chi connectivity index (χ4n) is 1.31. The van der Waals surface area contributed by atoms with Crippen LogP contribution in [0.1, 0.15) is 5.56 Å². The molecule has 94 valence electrons. The molecule has 0 aromatic heterocycles. The molecule has 0 radical (unpaired) electrons. The van der Waals surface area contributed by atoms with E-state index in [1.807, 2.05) is 0 Å². The maximum atomic E-state index is 10.8. The summed E-state index contributed by atoms with van der Waals surface area (Å²) in [7, 11) is -0.864. The number of nitro groups is 1. The van der Waals surface area contributed by atoms with Gasteiger partial charge in [-0.15, -0.1) is 0 Å². The van der Waals surface area contributed by atoms with Gasteiger partial charge in [-0.25, -0.2) is 0 Å². The Morgan fingerprint density at radius 2 is 2.24 bits per heavy atom. The van der Waals surface area contributed by atoms with Gasteiger partial charge in [0, 0.05) is 52.6 Å². The number of hydrogen-bond donors (Lipinski definition) is 1. The topological polar surface area (TPSA) is 72.2 Å². The molecule has 0 heterocycles. The van der Waals surface area contributed by atoms with Gasteiger partial charge in [-0.1, -0.05) is 11.6 Å². The lowest BCUT2D eigenvalue weighted by atomic mass is 10.2. The maximum Gasteiger partial charge on any atom is 0.273 e. The van der Waals surface area contributed by atoms with Crippen molar-refractivity contribution in [2.75, 3.05) is 18.6 Å². The van der Waals surface area contributed by atoms with E-state index in [9.17, 15) is 14.3 Å². The molecule has 17 heavy (non-hydrogen) atoms. The second kappa shape index (κ2) is 6.68. The smallest absolute Gasteiger partial charge is 0.273 e. The normalized spacial score (nSPS) is 12.4. The fraction of sp³-hybridized carbons (Fsp3) is 0.400. The van der Waals surface area contributed by atoms with Crippen molar-refractivity contribution in [2.24, 2.45) is 0 Å². The van der Waals surface area contributed by atoms with Crippen LogP contribution in [0.25, 0.3) is 0 Å². The van der Waals surface area contributed by atoms with Crippen molar-refractivity contribution in [1.29, 1.82) is 0 Å². The molecule has 1 N–H and O–H groups in total. The predicted molar refractivity (Wildman–Crippen MR) is 68.7 cm³/mol. The van der Waals surface area contributed by atoms with Crippen molar-refractivity contribution in [1.82, 2.24) is 5.32 Å². The third kappa shape index (κ3) is 4.80. The number of nitro benzene ring substituents is 1. The molecular formula is C10H13ClN2O3S. The first-order valence-electron chi connectivity index (χ1n) is 4.94. The third-order valence-electron chi connectivity index (χ3n) is 2.12. The van der Waals surface area contributed by atoms with Gasteiger partial charge in [-0.3, -0.25) is 14.3 Å². The quantitative estimate of drug-likeness (QED) is 0.488. The number of nitrogens with zero attached hydrogens (tertiary/aromatic N) is 1. The van der Waals surface area contributed by atoms with Crippen LogP contribution < -0.4 is 5.32 Å². The highest BCUT2D eigenvalue weighted by Crippen LogP contribution is 2.22. The first-order valence-corrected chi connectivity index (χ1v) is 7.05. The van der Waals surface area contributed by atoms with E-state index in [0.29, 0.717) is 29.4 Å². The molecule has 0 spiro atoms. The molecule has 5 nitrogen and oxygen atoms in total. The van der Waals surface area contributed by atoms with Crippen LogP contribution in [0, 0.1) is 10.1 Å². The van der Waals surface area contributed by atoms with Crippen molar-refractivity contribution >= 4 is 28.1 Å². The molecule has 0 fully saturated rings. The number of benzene rings is 1. The van der Waals surface area contributed by atoms with Crippen molar-refractivity contribution in [3.63, 3.8) is 0 Å². The second-order valence-corrected chi connectivity index (χ2v) is 5.48. The van der Waals surface area contributed by atoms with E-state index in [2.05, 4.69) is 5.32 Å². The highest BCUT2D eigenvalue weighted by atomic mass is 35.5. The van der Waals surface area contributed by atoms with Gasteiger partial charge in [0.25, 0.3) is 5.69 Å². The number of hydrogen-bond acceptors (Lipinski definition) is 4. The largest absolute Gasteiger partial charge is 0.311 e. The lowest BCUT2D eigenvalue weighted by molar-refractivity contribution is -0.385. The van der Waals surface area contributed by atoms with Crippen LogP contribution in [-0.2, 0) is 17.3 Å². The zero-order chi connectivity index (χ0) is 12.8. The standard InChI is InChI=1S/C10H13ClN2O3S/c1-17(16)5-4-12-7-8-6-9(11)2-3-10(8)13(14)15/h2-3,6,12H,4-5,7H2,1H3/t17-/m1/s1. The highest BCUT2D eigenvalue weighted by Gasteiger charge is 2.13. The Hall–Kier alpha value is -0.980. The molecule has 0 unspecified atom stereocenters. The zero-order valence-corrected chi connectivity index (χ0v) is 10.9. The second-order valence-electron chi connectivity index (χ2n) is 3.48. The summed E-state index contributed by atoms with van der Waals surface area (Å²) in [6, 6.07) is 4.44. The molecule has 0 aliphatic rings. The number of rotatable bonds is 6. The molecule has 0 aliphatic heterocycles. The molecular weight excluding hydrogens is 264 g/mol. The summed E-state index contributed by atoms with van der Waals surface area (Å²) >= 11 is 5.79. The first-order chi connectivity index (χ1) is 8.00. The number of nitrogens with one attached hydrogen (secondary N) is 1. The van der Waals surface area contributed by atoms with Gasteiger partial charge in [-0.05, 0) is 12.1 Å². The van der Waals surface area contributed by atoms with E-state index in [4.69, 9.17) is 11.6 Å². The van der Waals surface area contributed by atoms with Crippen molar-refractivity contribution < 1.29 is 9.13 Å². The van der Waals surface area contributed by atoms with E-state index in [-0.39, 0.29) is 5.69 Å². The summed E-state index contributed by atoms with van der Waals surface area (Å²) in [4.78, 5) is 10.3. The summed E-state index contributed by atoms with van der Waals surface area (Å²) in [5, 5.41) is 14.2. The van der Waals surface area contributed by atoms with Gasteiger partial charge >= 0.3 is 0 Å². The predicted octanol–water partition coefficient (Wildman–Crippen LogP) is 1.72. The van der Waals surface area contributed by atoms with E-state index in [1.54, 1.807) is 12.3 Å². The molecule has 1 aromatic carbocycles. The SMILES string of the molecule is C[S@@](=O)CCNCc1cc(Cl)ccc1[N+](=O)[O-]. The fourth-order valence-corrected chi connectivity index (χ4v) is 1.94. The number of halogens is 1. The van der Waals surface area contributed by atoms with Crippen LogP contribution >= 0.6 is 11.6 Å². The molecule has 0 bridgehead atoms. The molecule has 1 atom stereocenters. The minimum absolute atomic E-state index is 0.0412. The van der Waals surface area contributed by atoms with Gasteiger partial charge in [0.2, 0.25) is 0 Å². The van der Waals surface area contributed by atoms with Crippen LogP contribution in [0.3, 0.4) is 0 Å². The molecule has 0 aliphatic carbocycles. The van der Waals surface area contributed by atoms with Gasteiger partial charge in [0.05, 0.1) is 4.92 Å². The van der Waals surface area contributed by atoms with E-state index in [0.717, 1.165) is 0 Å². The molecule has 1 rings (SSSR count). The Morgan fingerprint density at radius 3 is 2.82 bits per heavy atom. The molecule has 0 amide bonds. The average Bonchev–Trinajstić information content (AvgIpc) is 2.23. The minimum Gasteiger partial charge on any atom is -0.311 e. The molecule has 0 saturated heterocycles. The van der Waals surface area contributed by atoms with Crippen LogP contribution in [0.15, 0.2) is 18.2 Å². The van der Waals surface area contributed by atoms with E-state index < -0.39 is 15.7 Å². The van der Waals surface area contributed by atoms with Crippen LogP contribution in [0.5, 0.6) is 0 Å². The lowest BCUT2D eigenvalue weighted by Gasteiger charge is -2.05.